The molecule has 3 rings (SSSR count). The number of benzene rings is 1. The van der Waals surface area contributed by atoms with E-state index in [9.17, 15) is 9.59 Å². The van der Waals surface area contributed by atoms with Gasteiger partial charge in [-0.1, -0.05) is 12.1 Å². The Hall–Kier alpha value is -3.61. The van der Waals surface area contributed by atoms with E-state index in [1.807, 2.05) is 6.07 Å². The summed E-state index contributed by atoms with van der Waals surface area (Å²) in [5.41, 5.74) is 1.48. The molecule has 29 heavy (non-hydrogen) atoms. The van der Waals surface area contributed by atoms with Crippen molar-refractivity contribution >= 4 is 17.9 Å². The Morgan fingerprint density at radius 2 is 1.90 bits per heavy atom. The van der Waals surface area contributed by atoms with Gasteiger partial charge in [-0.25, -0.2) is 0 Å². The summed E-state index contributed by atoms with van der Waals surface area (Å²) in [5, 5.41) is 0. The molecule has 0 bridgehead atoms. The molecule has 1 aromatic carbocycles. The fraction of sp³-hybridized carbons (Fsp3) is 0.227. The average molecular weight is 394 g/mol. The minimum absolute atomic E-state index is 0.357. The van der Waals surface area contributed by atoms with Crippen molar-refractivity contribution in [2.75, 3.05) is 21.3 Å². The third-order valence-corrected chi connectivity index (χ3v) is 4.58. The quantitative estimate of drug-likeness (QED) is 0.701. The second kappa shape index (κ2) is 9.05. The molecule has 7 nitrogen and oxygen atoms in total. The van der Waals surface area contributed by atoms with Crippen molar-refractivity contribution < 1.29 is 23.8 Å². The van der Waals surface area contributed by atoms with Crippen molar-refractivity contribution in [2.24, 2.45) is 0 Å². The standard InChI is InChI=1S/C22H22N2O5/c1-27-18-12-15(13-19(28-2)22(18)29-3)9-10-21(26)24-17(7-4-8-20(24)25)16-6-5-11-23-14-16/h4-6,8-14,17H,7H2,1-3H3. The van der Waals surface area contributed by atoms with Gasteiger partial charge >= 0.3 is 0 Å². The van der Waals surface area contributed by atoms with Crippen LogP contribution >= 0.6 is 0 Å². The SMILES string of the molecule is COc1cc(C=CC(=O)N2C(=O)C=CCC2c2cccnc2)cc(OC)c1OC. The Bertz CT molecular complexity index is 928. The number of carbonyl (C=O) groups excluding carboxylic acids is 2. The number of hydrogen-bond acceptors (Lipinski definition) is 6. The first-order valence-corrected chi connectivity index (χ1v) is 9.00. The molecule has 0 N–H and O–H groups in total. The number of pyridine rings is 1. The maximum Gasteiger partial charge on any atom is 0.254 e. The molecule has 0 radical (unpaired) electrons. The predicted molar refractivity (Wildman–Crippen MR) is 108 cm³/mol. The van der Waals surface area contributed by atoms with E-state index in [0.717, 1.165) is 5.56 Å². The van der Waals surface area contributed by atoms with Gasteiger partial charge in [0.05, 0.1) is 27.4 Å². The van der Waals surface area contributed by atoms with Crippen LogP contribution < -0.4 is 14.2 Å². The van der Waals surface area contributed by atoms with E-state index in [4.69, 9.17) is 14.2 Å². The minimum atomic E-state index is -0.415. The molecule has 150 valence electrons. The summed E-state index contributed by atoms with van der Waals surface area (Å²) in [6, 6.07) is 6.70. The Kier molecular flexibility index (Phi) is 6.29. The van der Waals surface area contributed by atoms with Gasteiger partial charge in [-0.3, -0.25) is 19.5 Å². The van der Waals surface area contributed by atoms with Gasteiger partial charge in [0, 0.05) is 18.5 Å². The number of ether oxygens (including phenoxy) is 3. The molecule has 2 aromatic rings. The Morgan fingerprint density at radius 1 is 1.17 bits per heavy atom. The molecule has 0 saturated heterocycles. The summed E-state index contributed by atoms with van der Waals surface area (Å²) in [4.78, 5) is 30.6. The summed E-state index contributed by atoms with van der Waals surface area (Å²) in [5.74, 6) is 0.645. The summed E-state index contributed by atoms with van der Waals surface area (Å²) >= 11 is 0. The van der Waals surface area contributed by atoms with Crippen molar-refractivity contribution in [3.05, 3.63) is 66.0 Å². The van der Waals surface area contributed by atoms with Crippen molar-refractivity contribution in [3.63, 3.8) is 0 Å². The Morgan fingerprint density at radius 3 is 2.48 bits per heavy atom. The number of methoxy groups -OCH3 is 3. The molecule has 1 aromatic heterocycles. The van der Waals surface area contributed by atoms with Gasteiger partial charge in [0.2, 0.25) is 5.75 Å². The lowest BCUT2D eigenvalue weighted by molar-refractivity contribution is -0.142. The van der Waals surface area contributed by atoms with Crippen molar-refractivity contribution in [3.8, 4) is 17.2 Å². The lowest BCUT2D eigenvalue weighted by atomic mass is 10.00. The summed E-state index contributed by atoms with van der Waals surface area (Å²) in [6.07, 6.45) is 10.0. The molecule has 1 atom stereocenters. The normalized spacial score (nSPS) is 16.2. The monoisotopic (exact) mass is 394 g/mol. The van der Waals surface area contributed by atoms with Crippen molar-refractivity contribution in [1.82, 2.24) is 9.88 Å². The highest BCUT2D eigenvalue weighted by Crippen LogP contribution is 2.38. The predicted octanol–water partition coefficient (Wildman–Crippen LogP) is 3.18. The molecular weight excluding hydrogens is 372 g/mol. The van der Waals surface area contributed by atoms with E-state index in [2.05, 4.69) is 4.98 Å². The second-order valence-electron chi connectivity index (χ2n) is 6.28. The molecule has 0 spiro atoms. The van der Waals surface area contributed by atoms with Gasteiger partial charge in [-0.05, 0) is 47.9 Å². The van der Waals surface area contributed by atoms with Crippen LogP contribution in [0, 0.1) is 0 Å². The van der Waals surface area contributed by atoms with Gasteiger partial charge in [-0.2, -0.15) is 0 Å². The Labute approximate surface area is 169 Å². The van der Waals surface area contributed by atoms with Crippen LogP contribution in [-0.4, -0.2) is 43.0 Å². The number of hydrogen-bond donors (Lipinski definition) is 0. The van der Waals surface area contributed by atoms with Crippen molar-refractivity contribution in [2.45, 2.75) is 12.5 Å². The van der Waals surface area contributed by atoms with E-state index >= 15 is 0 Å². The number of amides is 2. The van der Waals surface area contributed by atoms with Gasteiger partial charge in [0.25, 0.3) is 11.8 Å². The van der Waals surface area contributed by atoms with Crippen LogP contribution in [0.3, 0.4) is 0 Å². The average Bonchev–Trinajstić information content (AvgIpc) is 2.76. The zero-order valence-corrected chi connectivity index (χ0v) is 16.5. The summed E-state index contributed by atoms with van der Waals surface area (Å²) in [7, 11) is 4.56. The minimum Gasteiger partial charge on any atom is -0.493 e. The molecule has 2 amide bonds. The first-order chi connectivity index (χ1) is 14.1. The smallest absolute Gasteiger partial charge is 0.254 e. The van der Waals surface area contributed by atoms with Gasteiger partial charge < -0.3 is 14.2 Å². The van der Waals surface area contributed by atoms with Crippen molar-refractivity contribution in [1.29, 1.82) is 0 Å². The second-order valence-corrected chi connectivity index (χ2v) is 6.28. The molecular formula is C22H22N2O5. The van der Waals surface area contributed by atoms with Crippen LogP contribution in [0.4, 0.5) is 0 Å². The van der Waals surface area contributed by atoms with Gasteiger partial charge in [0.15, 0.2) is 11.5 Å². The van der Waals surface area contributed by atoms with Gasteiger partial charge in [0.1, 0.15) is 0 Å². The highest BCUT2D eigenvalue weighted by molar-refractivity contribution is 6.07. The summed E-state index contributed by atoms with van der Waals surface area (Å²) < 4.78 is 16.0. The third kappa shape index (κ3) is 4.29. The first kappa shape index (κ1) is 20.1. The number of rotatable bonds is 6. The van der Waals surface area contributed by atoms with E-state index in [1.54, 1.807) is 42.7 Å². The maximum atomic E-state index is 12.9. The molecule has 1 aliphatic heterocycles. The number of aromatic nitrogens is 1. The third-order valence-electron chi connectivity index (χ3n) is 4.58. The van der Waals surface area contributed by atoms with E-state index in [1.165, 1.54) is 38.4 Å². The van der Waals surface area contributed by atoms with Crippen LogP contribution in [0.2, 0.25) is 0 Å². The van der Waals surface area contributed by atoms with E-state index in [0.29, 0.717) is 29.2 Å². The Balaban J connectivity index is 1.89. The fourth-order valence-corrected chi connectivity index (χ4v) is 3.20. The molecule has 0 aliphatic carbocycles. The zero-order valence-electron chi connectivity index (χ0n) is 16.5. The molecule has 7 heteroatoms. The first-order valence-electron chi connectivity index (χ1n) is 9.00. The van der Waals surface area contributed by atoms with Crippen LogP contribution in [0.5, 0.6) is 17.2 Å². The lowest BCUT2D eigenvalue weighted by Gasteiger charge is -2.30. The van der Waals surface area contributed by atoms with E-state index in [-0.39, 0.29) is 5.91 Å². The molecule has 0 saturated carbocycles. The van der Waals surface area contributed by atoms with Crippen LogP contribution in [0.15, 0.2) is 54.9 Å². The fourth-order valence-electron chi connectivity index (χ4n) is 3.20. The highest BCUT2D eigenvalue weighted by Gasteiger charge is 2.30. The van der Waals surface area contributed by atoms with Crippen LogP contribution in [0.25, 0.3) is 6.08 Å². The van der Waals surface area contributed by atoms with Crippen LogP contribution in [0.1, 0.15) is 23.6 Å². The topological polar surface area (TPSA) is 78.0 Å². The zero-order chi connectivity index (χ0) is 20.8. The lowest BCUT2D eigenvalue weighted by Crippen LogP contribution is -2.39. The van der Waals surface area contributed by atoms with Gasteiger partial charge in [-0.15, -0.1) is 0 Å². The maximum absolute atomic E-state index is 12.9. The number of nitrogens with zero attached hydrogens (tertiary/aromatic N) is 2. The summed E-state index contributed by atoms with van der Waals surface area (Å²) in [6.45, 7) is 0. The number of carbonyl (C=O) groups is 2. The molecule has 0 fully saturated rings. The highest BCUT2D eigenvalue weighted by atomic mass is 16.5. The molecule has 1 unspecified atom stereocenters. The van der Waals surface area contributed by atoms with E-state index < -0.39 is 11.9 Å². The largest absolute Gasteiger partial charge is 0.493 e. The van der Waals surface area contributed by atoms with Crippen LogP contribution in [-0.2, 0) is 9.59 Å². The molecule has 1 aliphatic rings. The number of imide groups is 1. The molecule has 2 heterocycles.